The van der Waals surface area contributed by atoms with Gasteiger partial charge in [0.05, 0.1) is 0 Å². The zero-order valence-corrected chi connectivity index (χ0v) is 7.97. The van der Waals surface area contributed by atoms with Crippen LogP contribution in [0.1, 0.15) is 5.56 Å². The summed E-state index contributed by atoms with van der Waals surface area (Å²) in [5, 5.41) is 17.5. The summed E-state index contributed by atoms with van der Waals surface area (Å²) in [6.45, 7) is 0. The van der Waals surface area contributed by atoms with Gasteiger partial charge in [-0.2, -0.15) is 0 Å². The van der Waals surface area contributed by atoms with Crippen molar-refractivity contribution in [3.63, 3.8) is 0 Å². The molecule has 17 heavy (non-hydrogen) atoms. The molecule has 0 aliphatic heterocycles. The zero-order valence-electron chi connectivity index (χ0n) is 7.97. The zero-order chi connectivity index (χ0) is 9.84. The number of benzene rings is 1. The van der Waals surface area contributed by atoms with Gasteiger partial charge in [0, 0.05) is 0 Å². The number of rotatable bonds is 3. The number of aromatic hydroxyl groups is 1. The summed E-state index contributed by atoms with van der Waals surface area (Å²) < 4.78 is 0. The van der Waals surface area contributed by atoms with Gasteiger partial charge >= 0.3 is 65.1 Å². The van der Waals surface area contributed by atoms with Crippen LogP contribution in [0, 0.1) is 0 Å². The fraction of sp³-hybridized carbons (Fsp3) is 0.222. The Bertz CT molecular complexity index is 307. The number of carboxylic acids is 1. The van der Waals surface area contributed by atoms with Gasteiger partial charge in [-0.15, -0.1) is 0 Å². The molecule has 8 N–H and O–H groups in total. The van der Waals surface area contributed by atoms with Crippen molar-refractivity contribution in [3.05, 3.63) is 29.8 Å². The van der Waals surface area contributed by atoms with Gasteiger partial charge < -0.3 is 26.9 Å². The summed E-state index contributed by atoms with van der Waals surface area (Å²) in [6.07, 6.45) is 0.273. The van der Waals surface area contributed by atoms with Crippen LogP contribution >= 0.6 is 0 Å². The molecular formula is C9H17NNa2O5. The van der Waals surface area contributed by atoms with Crippen molar-refractivity contribution in [1.29, 1.82) is 0 Å². The molecule has 1 rings (SSSR count). The van der Waals surface area contributed by atoms with Crippen LogP contribution in [0.5, 0.6) is 5.75 Å². The van der Waals surface area contributed by atoms with E-state index in [-0.39, 0.29) is 82.2 Å². The molecule has 0 radical (unpaired) electrons. The number of carbonyl (C=O) groups is 1. The first kappa shape index (κ1) is 26.0. The second-order valence-electron chi connectivity index (χ2n) is 2.82. The van der Waals surface area contributed by atoms with Gasteiger partial charge in [0.15, 0.2) is 0 Å². The number of phenols is 1. The molecule has 1 aromatic carbocycles. The second-order valence-corrected chi connectivity index (χ2v) is 2.82. The third kappa shape index (κ3) is 10.0. The molecule has 1 atom stereocenters. The fourth-order valence-electron chi connectivity index (χ4n) is 0.973. The normalized spacial score (nSPS) is 9.47. The van der Waals surface area contributed by atoms with Gasteiger partial charge in [0.25, 0.3) is 0 Å². The summed E-state index contributed by atoms with van der Waals surface area (Å²) in [5.41, 5.74) is 6.12. The molecule has 0 bridgehead atoms. The van der Waals surface area contributed by atoms with Gasteiger partial charge in [0.1, 0.15) is 11.8 Å². The molecule has 0 aliphatic carbocycles. The molecule has 6 nitrogen and oxygen atoms in total. The van der Waals surface area contributed by atoms with Gasteiger partial charge in [-0.05, 0) is 24.1 Å². The SMILES string of the molecule is NC(Cc1ccc(O)cc1)C(=O)O.O.O.[NaH].[NaH]. The van der Waals surface area contributed by atoms with Crippen molar-refractivity contribution >= 4 is 65.1 Å². The molecule has 0 fully saturated rings. The topological polar surface area (TPSA) is 147 Å². The average molecular weight is 265 g/mol. The van der Waals surface area contributed by atoms with E-state index < -0.39 is 12.0 Å². The number of hydrogen-bond acceptors (Lipinski definition) is 3. The molecule has 0 heterocycles. The number of hydrogen-bond donors (Lipinski definition) is 3. The van der Waals surface area contributed by atoms with Crippen molar-refractivity contribution in [2.24, 2.45) is 5.73 Å². The predicted molar refractivity (Wildman–Crippen MR) is 68.9 cm³/mol. The van der Waals surface area contributed by atoms with Crippen LogP contribution in [0.3, 0.4) is 0 Å². The van der Waals surface area contributed by atoms with Crippen LogP contribution in [-0.4, -0.2) is 92.3 Å². The first-order valence-corrected chi connectivity index (χ1v) is 3.86. The minimum absolute atomic E-state index is 0. The molecule has 0 aliphatic rings. The molecule has 0 spiro atoms. The molecule has 8 heteroatoms. The van der Waals surface area contributed by atoms with E-state index >= 15 is 0 Å². The number of phenolic OH excluding ortho intramolecular Hbond substituents is 1. The summed E-state index contributed by atoms with van der Waals surface area (Å²) in [4.78, 5) is 10.4. The van der Waals surface area contributed by atoms with Gasteiger partial charge in [-0.1, -0.05) is 12.1 Å². The van der Waals surface area contributed by atoms with Crippen molar-refractivity contribution < 1.29 is 26.0 Å². The molecule has 1 unspecified atom stereocenters. The quantitative estimate of drug-likeness (QED) is 0.514. The Morgan fingerprint density at radius 3 is 1.94 bits per heavy atom. The van der Waals surface area contributed by atoms with E-state index in [0.717, 1.165) is 5.56 Å². The van der Waals surface area contributed by atoms with Crippen LogP contribution in [0.25, 0.3) is 0 Å². The number of nitrogens with two attached hydrogens (primary N) is 1. The molecule has 0 saturated carbocycles. The van der Waals surface area contributed by atoms with Crippen molar-refractivity contribution in [1.82, 2.24) is 0 Å². The maximum absolute atomic E-state index is 10.4. The number of carboxylic acid groups (broad SMARTS) is 1. The molecule has 90 valence electrons. The summed E-state index contributed by atoms with van der Waals surface area (Å²) in [5.74, 6) is -0.860. The van der Waals surface area contributed by atoms with Gasteiger partial charge in [-0.3, -0.25) is 4.79 Å². The molecular weight excluding hydrogens is 248 g/mol. The Morgan fingerprint density at radius 2 is 1.59 bits per heavy atom. The summed E-state index contributed by atoms with van der Waals surface area (Å²) >= 11 is 0. The van der Waals surface area contributed by atoms with E-state index in [9.17, 15) is 4.79 Å². The van der Waals surface area contributed by atoms with Crippen molar-refractivity contribution in [3.8, 4) is 5.75 Å². The monoisotopic (exact) mass is 265 g/mol. The standard InChI is InChI=1S/C9H11NO3.2Na.2H2O.2H/c10-8(9(12)13)5-6-1-3-7(11)4-2-6;;;;;;/h1-4,8,11H,5,10H2,(H,12,13);;;2*1H2;;. The predicted octanol–water partition coefficient (Wildman–Crippen LogP) is -2.60. The molecule has 0 saturated heterocycles. The van der Waals surface area contributed by atoms with Gasteiger partial charge in [-0.25, -0.2) is 0 Å². The van der Waals surface area contributed by atoms with Crippen LogP contribution in [0.4, 0.5) is 0 Å². The fourth-order valence-corrected chi connectivity index (χ4v) is 0.973. The van der Waals surface area contributed by atoms with Crippen LogP contribution < -0.4 is 5.73 Å². The summed E-state index contributed by atoms with van der Waals surface area (Å²) in [7, 11) is 0. The minimum atomic E-state index is -1.02. The first-order valence-electron chi connectivity index (χ1n) is 3.86. The van der Waals surface area contributed by atoms with Crippen LogP contribution in [-0.2, 0) is 11.2 Å². The average Bonchev–Trinajstić information content (AvgIpc) is 2.08. The Balaban J connectivity index is -0.000000211. The van der Waals surface area contributed by atoms with Crippen molar-refractivity contribution in [2.45, 2.75) is 12.5 Å². The van der Waals surface area contributed by atoms with Crippen LogP contribution in [0.2, 0.25) is 0 Å². The Morgan fingerprint density at radius 1 is 1.18 bits per heavy atom. The molecule has 0 aromatic heterocycles. The van der Waals surface area contributed by atoms with E-state index in [1.165, 1.54) is 12.1 Å². The van der Waals surface area contributed by atoms with E-state index in [1.807, 2.05) is 0 Å². The third-order valence-corrected chi connectivity index (χ3v) is 1.71. The van der Waals surface area contributed by atoms with E-state index in [1.54, 1.807) is 12.1 Å². The van der Waals surface area contributed by atoms with Crippen molar-refractivity contribution in [2.75, 3.05) is 0 Å². The summed E-state index contributed by atoms with van der Waals surface area (Å²) in [6, 6.07) is 5.42. The Hall–Kier alpha value is 0.370. The molecule has 1 aromatic rings. The van der Waals surface area contributed by atoms with E-state index in [0.29, 0.717) is 0 Å². The number of aliphatic carboxylic acids is 1. The van der Waals surface area contributed by atoms with Gasteiger partial charge in [0.2, 0.25) is 0 Å². The third-order valence-electron chi connectivity index (χ3n) is 1.71. The second kappa shape index (κ2) is 12.8. The Labute approximate surface area is 143 Å². The maximum atomic E-state index is 10.4. The van der Waals surface area contributed by atoms with Crippen LogP contribution in [0.15, 0.2) is 24.3 Å². The van der Waals surface area contributed by atoms with E-state index in [4.69, 9.17) is 15.9 Å². The first-order chi connectivity index (χ1) is 6.09. The van der Waals surface area contributed by atoms with E-state index in [2.05, 4.69) is 0 Å². The Kier molecular flexibility index (Phi) is 19.6. The molecule has 0 amide bonds.